The van der Waals surface area contributed by atoms with Crippen LogP contribution in [-0.4, -0.2) is 31.3 Å². The Morgan fingerprint density at radius 2 is 1.59 bits per heavy atom. The Morgan fingerprint density at radius 3 is 2.24 bits per heavy atom. The summed E-state index contributed by atoms with van der Waals surface area (Å²) in [4.78, 5) is 25.1. The summed E-state index contributed by atoms with van der Waals surface area (Å²) in [6, 6.07) is 12.6. The second-order valence-corrected chi connectivity index (χ2v) is 11.1. The van der Waals surface area contributed by atoms with Crippen LogP contribution < -0.4 is 16.2 Å². The van der Waals surface area contributed by atoms with E-state index in [-0.39, 0.29) is 30.5 Å². The molecule has 7 nitrogen and oxygen atoms in total. The van der Waals surface area contributed by atoms with Crippen molar-refractivity contribution < 1.29 is 23.8 Å². The smallest absolute Gasteiger partial charge is 0.330 e. The fourth-order valence-electron chi connectivity index (χ4n) is 5.22. The van der Waals surface area contributed by atoms with Gasteiger partial charge in [-0.1, -0.05) is 58.1 Å². The van der Waals surface area contributed by atoms with Crippen molar-refractivity contribution in [1.82, 2.24) is 0 Å². The highest BCUT2D eigenvalue weighted by Gasteiger charge is 2.28. The molecule has 0 aliphatic heterocycles. The fraction of sp³-hybridized carbons (Fsp3) is 0.529. The van der Waals surface area contributed by atoms with Crippen molar-refractivity contribution >= 4 is 29.4 Å². The highest BCUT2D eigenvalue weighted by Crippen LogP contribution is 2.29. The fourth-order valence-corrected chi connectivity index (χ4v) is 5.22. The van der Waals surface area contributed by atoms with Crippen molar-refractivity contribution in [1.29, 1.82) is 0 Å². The summed E-state index contributed by atoms with van der Waals surface area (Å²) in [6.07, 6.45) is 14.5. The van der Waals surface area contributed by atoms with E-state index in [1.54, 1.807) is 24.3 Å². The Morgan fingerprint density at radius 1 is 0.902 bits per heavy atom. The minimum absolute atomic E-state index is 0.0326. The standard InChI is InChI=1S/C34H48N2O5/c1-3-5-7-8-20-39-31-17-13-26(14-18-31)34(38)41-32-15-10-25(11-16-32)12-19-33(37)40-24-27(9-6-4-2)28-21-29(35)23-30(36)22-28/h10-12,15-16,19,21-23,26-27,31H,3-9,13-14,17-18,20,24,35-36H2,1-2H3. The number of nitrogen functional groups attached to an aromatic ring is 2. The third-order valence-corrected chi connectivity index (χ3v) is 7.67. The molecular formula is C34H48N2O5. The number of hydrogen-bond donors (Lipinski definition) is 2. The van der Waals surface area contributed by atoms with Crippen LogP contribution >= 0.6 is 0 Å². The van der Waals surface area contributed by atoms with Crippen LogP contribution in [0, 0.1) is 5.92 Å². The normalized spacial score (nSPS) is 17.8. The zero-order chi connectivity index (χ0) is 29.5. The number of carbonyl (C=O) groups excluding carboxylic acids is 2. The Balaban J connectivity index is 1.42. The number of rotatable bonds is 16. The van der Waals surface area contributed by atoms with E-state index >= 15 is 0 Å². The lowest BCUT2D eigenvalue weighted by Gasteiger charge is -2.27. The zero-order valence-electron chi connectivity index (χ0n) is 24.8. The van der Waals surface area contributed by atoms with Gasteiger partial charge >= 0.3 is 11.9 Å². The molecule has 2 aromatic carbocycles. The molecular weight excluding hydrogens is 516 g/mol. The molecule has 2 aromatic rings. The van der Waals surface area contributed by atoms with Crippen molar-refractivity contribution in [3.8, 4) is 5.75 Å². The molecule has 1 aliphatic carbocycles. The van der Waals surface area contributed by atoms with Crippen molar-refractivity contribution in [2.75, 3.05) is 24.7 Å². The lowest BCUT2D eigenvalue weighted by molar-refractivity contribution is -0.141. The summed E-state index contributed by atoms with van der Waals surface area (Å²) >= 11 is 0. The third kappa shape index (κ3) is 11.6. The number of benzene rings is 2. The monoisotopic (exact) mass is 564 g/mol. The van der Waals surface area contributed by atoms with Crippen molar-refractivity contribution in [2.45, 2.75) is 96.5 Å². The van der Waals surface area contributed by atoms with Crippen molar-refractivity contribution in [3.63, 3.8) is 0 Å². The zero-order valence-corrected chi connectivity index (χ0v) is 24.8. The highest BCUT2D eigenvalue weighted by atomic mass is 16.5. The SMILES string of the molecule is CCCCCCOC1CCC(C(=O)Oc2ccc(C=CC(=O)OCC(CCCC)c3cc(N)cc(N)c3)cc2)CC1. The molecule has 0 heterocycles. The molecule has 0 radical (unpaired) electrons. The number of carbonyl (C=O) groups is 2. The van der Waals surface area contributed by atoms with E-state index in [2.05, 4.69) is 13.8 Å². The van der Waals surface area contributed by atoms with Gasteiger partial charge in [-0.3, -0.25) is 4.79 Å². The predicted molar refractivity (Wildman–Crippen MR) is 165 cm³/mol. The van der Waals surface area contributed by atoms with Crippen LogP contribution in [0.25, 0.3) is 6.08 Å². The highest BCUT2D eigenvalue weighted by molar-refractivity contribution is 5.87. The van der Waals surface area contributed by atoms with E-state index in [0.29, 0.717) is 17.1 Å². The largest absolute Gasteiger partial charge is 0.462 e. The van der Waals surface area contributed by atoms with Crippen LogP contribution in [0.4, 0.5) is 11.4 Å². The van der Waals surface area contributed by atoms with Crippen LogP contribution in [0.5, 0.6) is 5.75 Å². The molecule has 7 heteroatoms. The van der Waals surface area contributed by atoms with Gasteiger partial charge in [-0.25, -0.2) is 4.79 Å². The first kappa shape index (κ1) is 32.2. The molecule has 1 fully saturated rings. The maximum absolute atomic E-state index is 12.7. The number of hydrogen-bond acceptors (Lipinski definition) is 7. The van der Waals surface area contributed by atoms with Crippen LogP contribution in [0.15, 0.2) is 48.5 Å². The Kier molecular flexibility index (Phi) is 13.7. The molecule has 1 saturated carbocycles. The van der Waals surface area contributed by atoms with Gasteiger partial charge in [0.25, 0.3) is 0 Å². The molecule has 3 rings (SSSR count). The summed E-state index contributed by atoms with van der Waals surface area (Å²) in [5.41, 5.74) is 14.9. The molecule has 0 spiro atoms. The van der Waals surface area contributed by atoms with Gasteiger partial charge in [0.15, 0.2) is 0 Å². The molecule has 1 atom stereocenters. The summed E-state index contributed by atoms with van der Waals surface area (Å²) in [7, 11) is 0. The van der Waals surface area contributed by atoms with E-state index in [1.807, 2.05) is 24.3 Å². The van der Waals surface area contributed by atoms with Crippen molar-refractivity contribution in [2.24, 2.45) is 5.92 Å². The first-order valence-electron chi connectivity index (χ1n) is 15.3. The van der Waals surface area contributed by atoms with Gasteiger partial charge in [0.2, 0.25) is 0 Å². The van der Waals surface area contributed by atoms with Crippen molar-refractivity contribution in [3.05, 3.63) is 59.7 Å². The van der Waals surface area contributed by atoms with Gasteiger partial charge in [-0.05, 0) is 86.1 Å². The number of nitrogens with two attached hydrogens (primary N) is 2. The second kappa shape index (κ2) is 17.5. The van der Waals surface area contributed by atoms with Gasteiger partial charge in [-0.15, -0.1) is 0 Å². The van der Waals surface area contributed by atoms with Gasteiger partial charge in [0.05, 0.1) is 18.6 Å². The first-order chi connectivity index (χ1) is 19.9. The molecule has 0 amide bonds. The minimum Gasteiger partial charge on any atom is -0.462 e. The predicted octanol–water partition coefficient (Wildman–Crippen LogP) is 7.44. The average Bonchev–Trinajstić information content (AvgIpc) is 2.96. The topological polar surface area (TPSA) is 114 Å². The number of esters is 2. The van der Waals surface area contributed by atoms with Crippen LogP contribution in [0.1, 0.15) is 102 Å². The molecule has 1 aliphatic rings. The number of ether oxygens (including phenoxy) is 3. The first-order valence-corrected chi connectivity index (χ1v) is 15.3. The van der Waals surface area contributed by atoms with Gasteiger partial charge < -0.3 is 25.7 Å². The van der Waals surface area contributed by atoms with Gasteiger partial charge in [-0.2, -0.15) is 0 Å². The van der Waals surface area contributed by atoms with E-state index < -0.39 is 5.97 Å². The molecule has 4 N–H and O–H groups in total. The van der Waals surface area contributed by atoms with E-state index in [4.69, 9.17) is 25.7 Å². The Labute approximate surface area is 245 Å². The molecule has 224 valence electrons. The lowest BCUT2D eigenvalue weighted by Crippen LogP contribution is -2.29. The second-order valence-electron chi connectivity index (χ2n) is 11.1. The molecule has 41 heavy (non-hydrogen) atoms. The summed E-state index contributed by atoms with van der Waals surface area (Å²) in [5, 5.41) is 0. The van der Waals surface area contributed by atoms with E-state index in [0.717, 1.165) is 69.1 Å². The van der Waals surface area contributed by atoms with E-state index in [1.165, 1.54) is 25.3 Å². The molecule has 0 saturated heterocycles. The maximum atomic E-state index is 12.7. The maximum Gasteiger partial charge on any atom is 0.330 e. The summed E-state index contributed by atoms with van der Waals surface area (Å²) in [6.45, 7) is 5.41. The number of unbranched alkanes of at least 4 members (excludes halogenated alkanes) is 4. The molecule has 0 bridgehead atoms. The lowest BCUT2D eigenvalue weighted by atomic mass is 9.87. The molecule has 1 unspecified atom stereocenters. The van der Waals surface area contributed by atoms with Crippen LogP contribution in [-0.2, 0) is 19.1 Å². The quantitative estimate of drug-likeness (QED) is 0.0716. The summed E-state index contributed by atoms with van der Waals surface area (Å²) < 4.78 is 17.2. The van der Waals surface area contributed by atoms with E-state index in [9.17, 15) is 9.59 Å². The molecule has 0 aromatic heterocycles. The third-order valence-electron chi connectivity index (χ3n) is 7.67. The van der Waals surface area contributed by atoms with Gasteiger partial charge in [0, 0.05) is 30.0 Å². The van der Waals surface area contributed by atoms with Gasteiger partial charge in [0.1, 0.15) is 5.75 Å². The van der Waals surface area contributed by atoms with Crippen LogP contribution in [0.2, 0.25) is 0 Å². The van der Waals surface area contributed by atoms with Crippen LogP contribution in [0.3, 0.4) is 0 Å². The minimum atomic E-state index is -0.417. The Bertz CT molecular complexity index is 1090. The Hall–Kier alpha value is -3.32. The average molecular weight is 565 g/mol. The number of anilines is 2. The summed E-state index contributed by atoms with van der Waals surface area (Å²) in [5.74, 6) is -0.152.